The van der Waals surface area contributed by atoms with E-state index in [4.69, 9.17) is 21.4 Å². The van der Waals surface area contributed by atoms with Gasteiger partial charge in [-0.2, -0.15) is 0 Å². The van der Waals surface area contributed by atoms with E-state index in [1.54, 1.807) is 24.3 Å². The van der Waals surface area contributed by atoms with E-state index in [9.17, 15) is 37.2 Å². The summed E-state index contributed by atoms with van der Waals surface area (Å²) in [5.41, 5.74) is 0.998. The van der Waals surface area contributed by atoms with Crippen LogP contribution in [0.2, 0.25) is 0 Å². The first-order valence-electron chi connectivity index (χ1n) is 15.9. The molecule has 266 valence electrons. The number of unbranched alkanes of at least 4 members (excludes halogenated alkanes) is 5. The van der Waals surface area contributed by atoms with Crippen LogP contribution in [0.3, 0.4) is 0 Å². The summed E-state index contributed by atoms with van der Waals surface area (Å²) in [5, 5.41) is 7.98. The summed E-state index contributed by atoms with van der Waals surface area (Å²) in [6.07, 6.45) is 5.67. The number of benzene rings is 3. The molecule has 0 amide bonds. The standard InChI is InChI=1S/C22H12O7.C14H25ClO5S/c23-19(14-5-10-17-18(11-14)22(27)29-21(17)26)12-1-6-15(7-2-12)28-16-8-3-13(4-9-16)20(24)25;1-3-4-5-6-7-8-10-21(18,19)11-9-13(16)20-14(17)12(2)15/h1-11H,(H,24,25);12H,3-11H2,1-2H3. The number of fused-ring (bicyclic) bond motifs is 1. The minimum Gasteiger partial charge on any atom is -0.478 e. The molecule has 0 aliphatic carbocycles. The number of carbonyl (C=O) groups excluding carboxylic acids is 5. The number of hydrogen-bond acceptors (Lipinski definition) is 11. The van der Waals surface area contributed by atoms with Gasteiger partial charge >= 0.3 is 29.8 Å². The molecular formula is C36H37ClO12S. The summed E-state index contributed by atoms with van der Waals surface area (Å²) in [7, 11) is -3.27. The zero-order chi connectivity index (χ0) is 36.8. The molecule has 0 saturated heterocycles. The molecule has 3 aromatic rings. The van der Waals surface area contributed by atoms with Crippen LogP contribution in [0.25, 0.3) is 0 Å². The third kappa shape index (κ3) is 12.2. The Bertz CT molecular complexity index is 1810. The summed E-state index contributed by atoms with van der Waals surface area (Å²) < 4.78 is 38.0. The Morgan fingerprint density at radius 3 is 1.88 bits per heavy atom. The third-order valence-corrected chi connectivity index (χ3v) is 9.24. The molecule has 1 heterocycles. The molecule has 12 nitrogen and oxygen atoms in total. The lowest BCUT2D eigenvalue weighted by molar-refractivity contribution is -0.158. The molecule has 14 heteroatoms. The highest BCUT2D eigenvalue weighted by atomic mass is 35.5. The van der Waals surface area contributed by atoms with Crippen LogP contribution < -0.4 is 4.74 Å². The van der Waals surface area contributed by atoms with Crippen LogP contribution in [0.5, 0.6) is 11.5 Å². The van der Waals surface area contributed by atoms with E-state index in [-0.39, 0.29) is 46.0 Å². The molecule has 0 aromatic heterocycles. The number of alkyl halides is 1. The number of carboxylic acids is 1. The number of carboxylic acid groups (broad SMARTS) is 1. The van der Waals surface area contributed by atoms with Crippen molar-refractivity contribution in [1.29, 1.82) is 0 Å². The molecule has 1 aliphatic rings. The molecule has 0 bridgehead atoms. The van der Waals surface area contributed by atoms with Crippen molar-refractivity contribution in [1.82, 2.24) is 0 Å². The van der Waals surface area contributed by atoms with Gasteiger partial charge in [-0.15, -0.1) is 11.6 Å². The Hall–Kier alpha value is -4.88. The highest BCUT2D eigenvalue weighted by Gasteiger charge is 2.30. The van der Waals surface area contributed by atoms with Crippen LogP contribution in [-0.4, -0.2) is 66.0 Å². The zero-order valence-corrected chi connectivity index (χ0v) is 29.1. The Morgan fingerprint density at radius 1 is 0.760 bits per heavy atom. The van der Waals surface area contributed by atoms with E-state index in [1.807, 2.05) is 0 Å². The third-order valence-electron chi connectivity index (χ3n) is 7.33. The van der Waals surface area contributed by atoms with E-state index in [1.165, 1.54) is 55.8 Å². The lowest BCUT2D eigenvalue weighted by atomic mass is 9.99. The number of carbonyl (C=O) groups is 6. The summed E-state index contributed by atoms with van der Waals surface area (Å²) in [6, 6.07) is 16.5. The molecule has 1 N–H and O–H groups in total. The van der Waals surface area contributed by atoms with Gasteiger partial charge in [0.15, 0.2) is 15.6 Å². The second-order valence-corrected chi connectivity index (χ2v) is 14.3. The molecule has 1 unspecified atom stereocenters. The van der Waals surface area contributed by atoms with Crippen LogP contribution in [0.4, 0.5) is 0 Å². The van der Waals surface area contributed by atoms with Crippen molar-refractivity contribution in [2.45, 2.75) is 64.2 Å². The quantitative estimate of drug-likeness (QED) is 0.0551. The highest BCUT2D eigenvalue weighted by molar-refractivity contribution is 7.91. The van der Waals surface area contributed by atoms with Gasteiger partial charge in [0.25, 0.3) is 0 Å². The van der Waals surface area contributed by atoms with Crippen LogP contribution in [0, 0.1) is 0 Å². The maximum absolute atomic E-state index is 12.7. The topological polar surface area (TPSA) is 184 Å². The summed E-state index contributed by atoms with van der Waals surface area (Å²) in [5.74, 6) is -3.82. The van der Waals surface area contributed by atoms with Crippen LogP contribution in [0.1, 0.15) is 106 Å². The highest BCUT2D eigenvalue weighted by Crippen LogP contribution is 2.25. The van der Waals surface area contributed by atoms with Crippen molar-refractivity contribution in [3.63, 3.8) is 0 Å². The van der Waals surface area contributed by atoms with Crippen molar-refractivity contribution < 1.29 is 56.5 Å². The number of hydrogen-bond donors (Lipinski definition) is 1. The van der Waals surface area contributed by atoms with Gasteiger partial charge in [-0.25, -0.2) is 27.6 Å². The van der Waals surface area contributed by atoms with Crippen molar-refractivity contribution >= 4 is 57.1 Å². The molecule has 0 saturated carbocycles. The molecule has 3 aromatic carbocycles. The van der Waals surface area contributed by atoms with E-state index >= 15 is 0 Å². The van der Waals surface area contributed by atoms with Crippen LogP contribution >= 0.6 is 11.6 Å². The van der Waals surface area contributed by atoms with Gasteiger partial charge in [0.05, 0.1) is 34.6 Å². The Kier molecular flexibility index (Phi) is 14.8. The average molecular weight is 729 g/mol. The van der Waals surface area contributed by atoms with Crippen molar-refractivity contribution in [2.75, 3.05) is 11.5 Å². The first-order chi connectivity index (χ1) is 23.7. The fraction of sp³-hybridized carbons (Fsp3) is 0.333. The number of esters is 4. The normalized spacial score (nSPS) is 12.5. The minimum atomic E-state index is -3.27. The monoisotopic (exact) mass is 728 g/mol. The smallest absolute Gasteiger partial charge is 0.346 e. The van der Waals surface area contributed by atoms with Gasteiger partial charge in [-0.05, 0) is 74.0 Å². The fourth-order valence-electron chi connectivity index (χ4n) is 4.56. The summed E-state index contributed by atoms with van der Waals surface area (Å²) >= 11 is 5.44. The SMILES string of the molecule is CCCCCCCCS(=O)(=O)CCC(=O)OC(=O)C(C)Cl.O=C(O)c1ccc(Oc2ccc(C(=O)c3ccc4c(c3)C(=O)OC4=O)cc2)cc1. The summed E-state index contributed by atoms with van der Waals surface area (Å²) in [4.78, 5) is 69.0. The van der Waals surface area contributed by atoms with E-state index < -0.39 is 45.1 Å². The fourth-order valence-corrected chi connectivity index (χ4v) is 5.93. The van der Waals surface area contributed by atoms with Crippen molar-refractivity contribution in [2.24, 2.45) is 0 Å². The minimum absolute atomic E-state index is 0.0746. The largest absolute Gasteiger partial charge is 0.478 e. The molecule has 1 atom stereocenters. The molecule has 1 aliphatic heterocycles. The van der Waals surface area contributed by atoms with E-state index in [2.05, 4.69) is 16.4 Å². The number of cyclic esters (lactones) is 2. The Labute approximate surface area is 294 Å². The Morgan fingerprint density at radius 2 is 1.30 bits per heavy atom. The number of aromatic carboxylic acids is 1. The number of sulfone groups is 1. The van der Waals surface area contributed by atoms with Crippen molar-refractivity contribution in [3.05, 3.63) is 94.5 Å². The Balaban J connectivity index is 0.000000288. The number of rotatable bonds is 16. The molecule has 4 rings (SSSR count). The van der Waals surface area contributed by atoms with Gasteiger partial charge in [0.1, 0.15) is 16.9 Å². The van der Waals surface area contributed by atoms with E-state index in [0.29, 0.717) is 23.5 Å². The van der Waals surface area contributed by atoms with Crippen LogP contribution in [0.15, 0.2) is 66.7 Å². The van der Waals surface area contributed by atoms with Gasteiger partial charge in [0.2, 0.25) is 0 Å². The predicted octanol–water partition coefficient (Wildman–Crippen LogP) is 6.57. The van der Waals surface area contributed by atoms with Gasteiger partial charge in [-0.1, -0.05) is 45.1 Å². The maximum atomic E-state index is 12.7. The zero-order valence-electron chi connectivity index (χ0n) is 27.5. The average Bonchev–Trinajstić information content (AvgIpc) is 3.37. The lowest BCUT2D eigenvalue weighted by Crippen LogP contribution is -2.22. The van der Waals surface area contributed by atoms with Gasteiger partial charge < -0.3 is 19.3 Å². The second-order valence-electron chi connectivity index (χ2n) is 11.3. The molecule has 50 heavy (non-hydrogen) atoms. The van der Waals surface area contributed by atoms with Crippen LogP contribution in [-0.2, 0) is 28.9 Å². The number of halogens is 1. The number of ketones is 1. The van der Waals surface area contributed by atoms with E-state index in [0.717, 1.165) is 25.7 Å². The van der Waals surface area contributed by atoms with Crippen molar-refractivity contribution in [3.8, 4) is 11.5 Å². The summed E-state index contributed by atoms with van der Waals surface area (Å²) in [6.45, 7) is 3.51. The lowest BCUT2D eigenvalue weighted by Gasteiger charge is -2.07. The first kappa shape index (κ1) is 39.6. The first-order valence-corrected chi connectivity index (χ1v) is 18.1. The second kappa shape index (κ2) is 18.8. The molecule has 0 fully saturated rings. The maximum Gasteiger partial charge on any atom is 0.346 e. The van der Waals surface area contributed by atoms with Gasteiger partial charge in [0, 0.05) is 11.1 Å². The predicted molar refractivity (Wildman–Crippen MR) is 183 cm³/mol. The molecular weight excluding hydrogens is 692 g/mol. The molecule has 0 spiro atoms. The molecule has 0 radical (unpaired) electrons. The van der Waals surface area contributed by atoms with Gasteiger partial charge in [-0.3, -0.25) is 9.59 Å². The number of ether oxygens (including phenoxy) is 3.